The third-order valence-electron chi connectivity index (χ3n) is 3.40. The van der Waals surface area contributed by atoms with Gasteiger partial charge in [0.25, 0.3) is 0 Å². The van der Waals surface area contributed by atoms with E-state index in [9.17, 15) is 0 Å². The van der Waals surface area contributed by atoms with Gasteiger partial charge in [-0.2, -0.15) is 5.26 Å². The number of ether oxygens (including phenoxy) is 1. The van der Waals surface area contributed by atoms with Crippen molar-refractivity contribution >= 4 is 0 Å². The number of rotatable bonds is 4. The molecule has 0 aliphatic heterocycles. The molecule has 0 saturated heterocycles. The lowest BCUT2D eigenvalue weighted by Crippen LogP contribution is -2.46. The molecule has 15 heavy (non-hydrogen) atoms. The maximum Gasteiger partial charge on any atom is 0.0656 e. The number of hydrogen-bond acceptors (Lipinski definition) is 3. The summed E-state index contributed by atoms with van der Waals surface area (Å²) in [7, 11) is 4.17. The quantitative estimate of drug-likeness (QED) is 0.712. The van der Waals surface area contributed by atoms with Gasteiger partial charge in [-0.1, -0.05) is 0 Å². The molecule has 0 spiro atoms. The molecule has 0 radical (unpaired) electrons. The number of likely N-dealkylation sites (N-methyl/N-ethyl adjacent to an activating group) is 1. The predicted octanol–water partition coefficient (Wildman–Crippen LogP) is 2.04. The molecule has 86 valence electrons. The van der Waals surface area contributed by atoms with Gasteiger partial charge in [0, 0.05) is 11.5 Å². The zero-order valence-corrected chi connectivity index (χ0v) is 10.3. The van der Waals surface area contributed by atoms with E-state index >= 15 is 0 Å². The molecule has 0 N–H and O–H groups in total. The van der Waals surface area contributed by atoms with E-state index in [-0.39, 0.29) is 17.6 Å². The third kappa shape index (κ3) is 2.93. The Balaban J connectivity index is 2.61. The molecule has 1 saturated carbocycles. The van der Waals surface area contributed by atoms with Crippen LogP contribution in [0.4, 0.5) is 0 Å². The number of hydrogen-bond donors (Lipinski definition) is 0. The highest BCUT2D eigenvalue weighted by Crippen LogP contribution is 2.38. The van der Waals surface area contributed by atoms with Gasteiger partial charge in [0.2, 0.25) is 0 Å². The van der Waals surface area contributed by atoms with Gasteiger partial charge in [0.15, 0.2) is 0 Å². The zero-order valence-electron chi connectivity index (χ0n) is 10.3. The first kappa shape index (κ1) is 12.5. The van der Waals surface area contributed by atoms with Gasteiger partial charge in [0.1, 0.15) is 0 Å². The van der Waals surface area contributed by atoms with Gasteiger partial charge in [-0.15, -0.1) is 0 Å². The van der Waals surface area contributed by atoms with Crippen LogP contribution in [0.5, 0.6) is 0 Å². The van der Waals surface area contributed by atoms with Crippen molar-refractivity contribution in [3.63, 3.8) is 0 Å². The molecule has 2 unspecified atom stereocenters. The van der Waals surface area contributed by atoms with Gasteiger partial charge < -0.3 is 9.64 Å². The summed E-state index contributed by atoms with van der Waals surface area (Å²) in [6.45, 7) is 4.86. The first-order chi connectivity index (χ1) is 7.00. The molecular weight excluding hydrogens is 188 g/mol. The lowest BCUT2D eigenvalue weighted by molar-refractivity contribution is -0.0107. The summed E-state index contributed by atoms with van der Waals surface area (Å²) in [5, 5.41) is 8.95. The molecule has 0 bridgehead atoms. The molecule has 0 aromatic carbocycles. The van der Waals surface area contributed by atoms with Gasteiger partial charge in [-0.3, -0.25) is 0 Å². The Kier molecular flexibility index (Phi) is 4.12. The van der Waals surface area contributed by atoms with Crippen LogP contribution in [0.25, 0.3) is 0 Å². The lowest BCUT2D eigenvalue weighted by atomic mass is 9.96. The average Bonchev–Trinajstić information content (AvgIpc) is 2.59. The van der Waals surface area contributed by atoms with E-state index < -0.39 is 0 Å². The standard InChI is InChI=1S/C12H22N2O/c1-10(2)15-9-12(14(3)4)6-5-11(7-12)8-13/h10-11H,5-7,9H2,1-4H3. The summed E-state index contributed by atoms with van der Waals surface area (Å²) in [4.78, 5) is 2.23. The van der Waals surface area contributed by atoms with Crippen molar-refractivity contribution in [1.29, 1.82) is 5.26 Å². The Bertz CT molecular complexity index is 244. The maximum atomic E-state index is 8.95. The molecule has 0 aromatic rings. The van der Waals surface area contributed by atoms with Crippen molar-refractivity contribution in [2.24, 2.45) is 5.92 Å². The van der Waals surface area contributed by atoms with Gasteiger partial charge in [0.05, 0.1) is 18.8 Å². The molecule has 1 aliphatic carbocycles. The van der Waals surface area contributed by atoms with Crippen molar-refractivity contribution in [1.82, 2.24) is 4.90 Å². The second kappa shape index (κ2) is 4.96. The van der Waals surface area contributed by atoms with Crippen LogP contribution in [-0.4, -0.2) is 37.2 Å². The maximum absolute atomic E-state index is 8.95. The van der Waals surface area contributed by atoms with Crippen LogP contribution in [0, 0.1) is 17.2 Å². The average molecular weight is 210 g/mol. The Labute approximate surface area is 93.0 Å². The van der Waals surface area contributed by atoms with Crippen LogP contribution >= 0.6 is 0 Å². The summed E-state index contributed by atoms with van der Waals surface area (Å²) in [6, 6.07) is 2.38. The molecule has 3 nitrogen and oxygen atoms in total. The third-order valence-corrected chi connectivity index (χ3v) is 3.40. The predicted molar refractivity (Wildman–Crippen MR) is 60.5 cm³/mol. The van der Waals surface area contributed by atoms with E-state index in [1.54, 1.807) is 0 Å². The SMILES string of the molecule is CC(C)OCC1(N(C)C)CCC(C#N)C1. The van der Waals surface area contributed by atoms with Crippen molar-refractivity contribution in [3.8, 4) is 6.07 Å². The fraction of sp³-hybridized carbons (Fsp3) is 0.917. The highest BCUT2D eigenvalue weighted by Gasteiger charge is 2.41. The van der Waals surface area contributed by atoms with Crippen LogP contribution in [0.15, 0.2) is 0 Å². The molecule has 0 heterocycles. The van der Waals surface area contributed by atoms with Crippen LogP contribution in [0.1, 0.15) is 33.1 Å². The molecule has 1 fully saturated rings. The van der Waals surface area contributed by atoms with E-state index in [1.807, 2.05) is 0 Å². The van der Waals surface area contributed by atoms with Crippen molar-refractivity contribution in [3.05, 3.63) is 0 Å². The number of nitriles is 1. The van der Waals surface area contributed by atoms with E-state index in [4.69, 9.17) is 10.00 Å². The van der Waals surface area contributed by atoms with E-state index in [0.29, 0.717) is 0 Å². The molecule has 1 aliphatic rings. The lowest BCUT2D eigenvalue weighted by Gasteiger charge is -2.36. The first-order valence-electron chi connectivity index (χ1n) is 5.69. The first-order valence-corrected chi connectivity index (χ1v) is 5.69. The summed E-state index contributed by atoms with van der Waals surface area (Å²) >= 11 is 0. The van der Waals surface area contributed by atoms with Crippen LogP contribution in [0.2, 0.25) is 0 Å². The zero-order chi connectivity index (χ0) is 11.5. The minimum atomic E-state index is 0.0880. The Morgan fingerprint density at radius 1 is 1.53 bits per heavy atom. The molecule has 3 heteroatoms. The van der Waals surface area contributed by atoms with Gasteiger partial charge >= 0.3 is 0 Å². The second-order valence-electron chi connectivity index (χ2n) is 5.05. The summed E-state index contributed by atoms with van der Waals surface area (Å²) in [6.07, 6.45) is 3.30. The Hall–Kier alpha value is -0.590. The normalized spacial score (nSPS) is 31.1. The smallest absolute Gasteiger partial charge is 0.0656 e. The fourth-order valence-electron chi connectivity index (χ4n) is 2.20. The van der Waals surface area contributed by atoms with E-state index in [2.05, 4.69) is 38.9 Å². The Morgan fingerprint density at radius 3 is 2.60 bits per heavy atom. The van der Waals surface area contributed by atoms with Crippen LogP contribution in [0.3, 0.4) is 0 Å². The van der Waals surface area contributed by atoms with E-state index in [0.717, 1.165) is 25.9 Å². The highest BCUT2D eigenvalue weighted by molar-refractivity contribution is 5.02. The summed E-state index contributed by atoms with van der Waals surface area (Å²) in [5.74, 6) is 0.211. The van der Waals surface area contributed by atoms with Gasteiger partial charge in [-0.05, 0) is 47.2 Å². The topological polar surface area (TPSA) is 36.3 Å². The Morgan fingerprint density at radius 2 is 2.20 bits per heavy atom. The molecule has 2 atom stereocenters. The van der Waals surface area contributed by atoms with Crippen molar-refractivity contribution < 1.29 is 4.74 Å². The minimum absolute atomic E-state index is 0.0880. The monoisotopic (exact) mass is 210 g/mol. The summed E-state index contributed by atoms with van der Waals surface area (Å²) in [5.41, 5.74) is 0.0880. The highest BCUT2D eigenvalue weighted by atomic mass is 16.5. The van der Waals surface area contributed by atoms with Crippen LogP contribution < -0.4 is 0 Å². The van der Waals surface area contributed by atoms with Crippen LogP contribution in [-0.2, 0) is 4.74 Å². The van der Waals surface area contributed by atoms with Gasteiger partial charge in [-0.25, -0.2) is 0 Å². The molecule has 0 amide bonds. The van der Waals surface area contributed by atoms with Crippen molar-refractivity contribution in [2.45, 2.75) is 44.8 Å². The molecular formula is C12H22N2O. The molecule has 1 rings (SSSR count). The summed E-state index contributed by atoms with van der Waals surface area (Å²) < 4.78 is 5.73. The largest absolute Gasteiger partial charge is 0.377 e. The molecule has 0 aromatic heterocycles. The minimum Gasteiger partial charge on any atom is -0.377 e. The second-order valence-corrected chi connectivity index (χ2v) is 5.05. The van der Waals surface area contributed by atoms with Crippen molar-refractivity contribution in [2.75, 3.05) is 20.7 Å². The number of nitrogens with zero attached hydrogens (tertiary/aromatic N) is 2. The van der Waals surface area contributed by atoms with E-state index in [1.165, 1.54) is 0 Å². The fourth-order valence-corrected chi connectivity index (χ4v) is 2.20.